The minimum absolute atomic E-state index is 0.0619. The van der Waals surface area contributed by atoms with Gasteiger partial charge in [0.05, 0.1) is 12.0 Å². The molecule has 1 aliphatic rings. The van der Waals surface area contributed by atoms with E-state index >= 15 is 0 Å². The van der Waals surface area contributed by atoms with Gasteiger partial charge in [-0.1, -0.05) is 39.5 Å². The number of aliphatic carboxylic acids is 1. The number of hydrogen-bond donors (Lipinski definition) is 2. The third kappa shape index (κ3) is 8.15. The molecule has 0 saturated carbocycles. The molecule has 3 unspecified atom stereocenters. The molecule has 1 rings (SSSR count). The SMILES string of the molecule is CC1OCCC1C(=O)O.CCCCCCC(C)C(N)=O. The van der Waals surface area contributed by atoms with Gasteiger partial charge in [0.25, 0.3) is 0 Å². The average Bonchev–Trinajstić information content (AvgIpc) is 2.81. The van der Waals surface area contributed by atoms with Gasteiger partial charge in [-0.3, -0.25) is 9.59 Å². The third-order valence-electron chi connectivity index (χ3n) is 3.67. The van der Waals surface area contributed by atoms with Crippen LogP contribution in [0.1, 0.15) is 59.3 Å². The van der Waals surface area contributed by atoms with E-state index in [1.807, 2.05) is 6.92 Å². The molecular weight excluding hydrogens is 258 g/mol. The van der Waals surface area contributed by atoms with Crippen LogP contribution in [0.15, 0.2) is 0 Å². The first-order chi connectivity index (χ1) is 9.40. The summed E-state index contributed by atoms with van der Waals surface area (Å²) in [6.07, 6.45) is 6.40. The largest absolute Gasteiger partial charge is 0.481 e. The first-order valence-electron chi connectivity index (χ1n) is 7.53. The molecule has 5 nitrogen and oxygen atoms in total. The van der Waals surface area contributed by atoms with Crippen LogP contribution in [-0.4, -0.2) is 29.7 Å². The number of rotatable bonds is 7. The zero-order valence-electron chi connectivity index (χ0n) is 12.9. The van der Waals surface area contributed by atoms with Crippen molar-refractivity contribution in [1.29, 1.82) is 0 Å². The van der Waals surface area contributed by atoms with Crippen molar-refractivity contribution < 1.29 is 19.4 Å². The molecule has 0 bridgehead atoms. The molecule has 0 spiro atoms. The second-order valence-corrected chi connectivity index (χ2v) is 5.46. The second kappa shape index (κ2) is 10.7. The van der Waals surface area contributed by atoms with Crippen molar-refractivity contribution in [1.82, 2.24) is 0 Å². The Morgan fingerprint density at radius 2 is 2.00 bits per heavy atom. The van der Waals surface area contributed by atoms with Gasteiger partial charge in [0.1, 0.15) is 0 Å². The van der Waals surface area contributed by atoms with E-state index in [-0.39, 0.29) is 23.8 Å². The van der Waals surface area contributed by atoms with Crippen LogP contribution in [0.25, 0.3) is 0 Å². The summed E-state index contributed by atoms with van der Waals surface area (Å²) >= 11 is 0. The first kappa shape index (κ1) is 18.9. The second-order valence-electron chi connectivity index (χ2n) is 5.46. The lowest BCUT2D eigenvalue weighted by atomic mass is 10.0. The number of carboxylic acids is 1. The standard InChI is InChI=1S/C9H19NO.C6H10O3/c1-3-4-5-6-7-8(2)9(10)11;1-4-5(6(7)8)2-3-9-4/h8H,3-7H2,1-2H3,(H2,10,11);4-5H,2-3H2,1H3,(H,7,8). The Labute approximate surface area is 121 Å². The summed E-state index contributed by atoms with van der Waals surface area (Å²) in [6.45, 7) is 6.47. The highest BCUT2D eigenvalue weighted by Gasteiger charge is 2.30. The predicted octanol–water partition coefficient (Wildman–Crippen LogP) is 2.57. The maximum Gasteiger partial charge on any atom is 0.309 e. The topological polar surface area (TPSA) is 89.6 Å². The van der Waals surface area contributed by atoms with Crippen LogP contribution < -0.4 is 5.73 Å². The smallest absolute Gasteiger partial charge is 0.309 e. The minimum atomic E-state index is -0.736. The fourth-order valence-electron chi connectivity index (χ4n) is 2.08. The molecule has 1 heterocycles. The zero-order chi connectivity index (χ0) is 15.5. The first-order valence-corrected chi connectivity index (χ1v) is 7.53. The highest BCUT2D eigenvalue weighted by Crippen LogP contribution is 2.19. The molecule has 118 valence electrons. The van der Waals surface area contributed by atoms with Gasteiger partial charge in [-0.25, -0.2) is 0 Å². The molecule has 20 heavy (non-hydrogen) atoms. The van der Waals surface area contributed by atoms with Crippen molar-refractivity contribution in [3.8, 4) is 0 Å². The van der Waals surface area contributed by atoms with Crippen LogP contribution in [0, 0.1) is 11.8 Å². The summed E-state index contributed by atoms with van der Waals surface area (Å²) in [5.41, 5.74) is 5.11. The van der Waals surface area contributed by atoms with Gasteiger partial charge in [0.15, 0.2) is 0 Å². The number of unbranched alkanes of at least 4 members (excludes halogenated alkanes) is 3. The summed E-state index contributed by atoms with van der Waals surface area (Å²) in [7, 11) is 0. The number of carbonyl (C=O) groups excluding carboxylic acids is 1. The van der Waals surface area contributed by atoms with Crippen molar-refractivity contribution in [2.24, 2.45) is 17.6 Å². The molecule has 3 N–H and O–H groups in total. The van der Waals surface area contributed by atoms with E-state index in [9.17, 15) is 9.59 Å². The lowest BCUT2D eigenvalue weighted by Gasteiger charge is -2.06. The fourth-order valence-corrected chi connectivity index (χ4v) is 2.08. The van der Waals surface area contributed by atoms with Crippen molar-refractivity contribution in [2.45, 2.75) is 65.4 Å². The van der Waals surface area contributed by atoms with Crippen molar-refractivity contribution in [3.63, 3.8) is 0 Å². The Kier molecular flexibility index (Phi) is 10.1. The maximum absolute atomic E-state index is 10.6. The Morgan fingerprint density at radius 3 is 2.35 bits per heavy atom. The zero-order valence-corrected chi connectivity index (χ0v) is 12.9. The van der Waals surface area contributed by atoms with Gasteiger partial charge in [0.2, 0.25) is 5.91 Å². The van der Waals surface area contributed by atoms with E-state index in [2.05, 4.69) is 6.92 Å². The van der Waals surface area contributed by atoms with Crippen LogP contribution in [0.3, 0.4) is 0 Å². The highest BCUT2D eigenvalue weighted by atomic mass is 16.5. The summed E-state index contributed by atoms with van der Waals surface area (Å²) in [5, 5.41) is 8.50. The Balaban J connectivity index is 0.000000367. The number of ether oxygens (including phenoxy) is 1. The van der Waals surface area contributed by atoms with Crippen LogP contribution >= 0.6 is 0 Å². The number of carboxylic acid groups (broad SMARTS) is 1. The van der Waals surface area contributed by atoms with Gasteiger partial charge < -0.3 is 15.6 Å². The molecule has 1 amide bonds. The van der Waals surface area contributed by atoms with E-state index in [0.29, 0.717) is 13.0 Å². The van der Waals surface area contributed by atoms with E-state index in [0.717, 1.165) is 12.8 Å². The van der Waals surface area contributed by atoms with Gasteiger partial charge >= 0.3 is 5.97 Å². The quantitative estimate of drug-likeness (QED) is 0.704. The van der Waals surface area contributed by atoms with Crippen molar-refractivity contribution in [2.75, 3.05) is 6.61 Å². The Morgan fingerprint density at radius 1 is 1.35 bits per heavy atom. The molecular formula is C15H29NO4. The molecule has 0 aromatic heterocycles. The van der Waals surface area contributed by atoms with Gasteiger partial charge in [-0.05, 0) is 19.8 Å². The molecule has 0 aliphatic carbocycles. The maximum atomic E-state index is 10.6. The highest BCUT2D eigenvalue weighted by molar-refractivity contribution is 5.76. The van der Waals surface area contributed by atoms with Gasteiger partial charge in [0, 0.05) is 12.5 Å². The number of nitrogens with two attached hydrogens (primary N) is 1. The van der Waals surface area contributed by atoms with Crippen LogP contribution in [0.2, 0.25) is 0 Å². The van der Waals surface area contributed by atoms with Crippen LogP contribution in [0.4, 0.5) is 0 Å². The number of carbonyl (C=O) groups is 2. The molecule has 0 radical (unpaired) electrons. The molecule has 1 fully saturated rings. The molecule has 0 aromatic carbocycles. The normalized spacial score (nSPS) is 22.8. The van der Waals surface area contributed by atoms with Gasteiger partial charge in [-0.2, -0.15) is 0 Å². The molecule has 0 aromatic rings. The Bertz CT molecular complexity index is 294. The van der Waals surface area contributed by atoms with Crippen LogP contribution in [-0.2, 0) is 14.3 Å². The molecule has 1 aliphatic heterocycles. The number of primary amides is 1. The van der Waals surface area contributed by atoms with Crippen molar-refractivity contribution in [3.05, 3.63) is 0 Å². The molecule has 1 saturated heterocycles. The lowest BCUT2D eigenvalue weighted by Crippen LogP contribution is -2.20. The van der Waals surface area contributed by atoms with Gasteiger partial charge in [-0.15, -0.1) is 0 Å². The molecule has 5 heteroatoms. The summed E-state index contributed by atoms with van der Waals surface area (Å²) in [4.78, 5) is 20.9. The summed E-state index contributed by atoms with van der Waals surface area (Å²) < 4.78 is 5.05. The third-order valence-corrected chi connectivity index (χ3v) is 3.67. The van der Waals surface area contributed by atoms with E-state index in [1.54, 1.807) is 6.92 Å². The predicted molar refractivity (Wildman–Crippen MR) is 78.3 cm³/mol. The fraction of sp³-hybridized carbons (Fsp3) is 0.867. The van der Waals surface area contributed by atoms with Crippen LogP contribution in [0.5, 0.6) is 0 Å². The summed E-state index contributed by atoms with van der Waals surface area (Å²) in [5.74, 6) is -1.11. The van der Waals surface area contributed by atoms with E-state index in [1.165, 1.54) is 19.3 Å². The summed E-state index contributed by atoms with van der Waals surface area (Å²) in [6, 6.07) is 0. The molecule has 3 atom stereocenters. The average molecular weight is 287 g/mol. The lowest BCUT2D eigenvalue weighted by molar-refractivity contribution is -0.143. The van der Waals surface area contributed by atoms with Crippen molar-refractivity contribution >= 4 is 11.9 Å². The Hall–Kier alpha value is -1.10. The minimum Gasteiger partial charge on any atom is -0.481 e. The number of hydrogen-bond acceptors (Lipinski definition) is 3. The number of amides is 1. The van der Waals surface area contributed by atoms with E-state index in [4.69, 9.17) is 15.6 Å². The monoisotopic (exact) mass is 287 g/mol. The van der Waals surface area contributed by atoms with E-state index < -0.39 is 5.97 Å².